The first-order valence-corrected chi connectivity index (χ1v) is 8.22. The lowest BCUT2D eigenvalue weighted by atomic mass is 9.87. The van der Waals surface area contributed by atoms with E-state index in [9.17, 15) is 5.26 Å². The van der Waals surface area contributed by atoms with Crippen LogP contribution in [-0.4, -0.2) is 11.5 Å². The standard InChI is InChI=1S/C18H27N3/c1-4-5-6-10-18(2,3)13-20-17-15(12-19)11-14-8-7-9-16(14)21-17/h11H,4-10,13H2,1-3H3,(H,20,21). The molecule has 0 bridgehead atoms. The lowest BCUT2D eigenvalue weighted by molar-refractivity contribution is 0.342. The highest BCUT2D eigenvalue weighted by atomic mass is 15.0. The monoisotopic (exact) mass is 285 g/mol. The van der Waals surface area contributed by atoms with Gasteiger partial charge in [0.1, 0.15) is 11.9 Å². The first-order chi connectivity index (χ1) is 10.1. The molecule has 21 heavy (non-hydrogen) atoms. The number of anilines is 1. The van der Waals surface area contributed by atoms with E-state index >= 15 is 0 Å². The molecule has 1 aromatic heterocycles. The highest BCUT2D eigenvalue weighted by molar-refractivity contribution is 5.55. The van der Waals surface area contributed by atoms with Crippen LogP contribution in [0.5, 0.6) is 0 Å². The number of pyridine rings is 1. The van der Waals surface area contributed by atoms with Crippen LogP contribution in [0, 0.1) is 16.7 Å². The largest absolute Gasteiger partial charge is 0.368 e. The smallest absolute Gasteiger partial charge is 0.144 e. The average molecular weight is 285 g/mol. The zero-order valence-corrected chi connectivity index (χ0v) is 13.6. The molecule has 0 aromatic carbocycles. The van der Waals surface area contributed by atoms with Gasteiger partial charge >= 0.3 is 0 Å². The van der Waals surface area contributed by atoms with Crippen molar-refractivity contribution in [1.82, 2.24) is 4.98 Å². The summed E-state index contributed by atoms with van der Waals surface area (Å²) in [4.78, 5) is 4.69. The van der Waals surface area contributed by atoms with E-state index in [1.807, 2.05) is 6.07 Å². The van der Waals surface area contributed by atoms with Crippen molar-refractivity contribution in [3.05, 3.63) is 22.9 Å². The van der Waals surface area contributed by atoms with Gasteiger partial charge < -0.3 is 5.32 Å². The number of aryl methyl sites for hydroxylation is 2. The van der Waals surface area contributed by atoms with E-state index in [4.69, 9.17) is 0 Å². The Balaban J connectivity index is 2.01. The Bertz CT molecular complexity index is 526. The quantitative estimate of drug-likeness (QED) is 0.752. The van der Waals surface area contributed by atoms with E-state index in [-0.39, 0.29) is 5.41 Å². The van der Waals surface area contributed by atoms with Gasteiger partial charge in [-0.05, 0) is 42.7 Å². The van der Waals surface area contributed by atoms with Crippen molar-refractivity contribution in [3.8, 4) is 6.07 Å². The molecule has 0 amide bonds. The number of hydrogen-bond acceptors (Lipinski definition) is 3. The molecule has 3 heteroatoms. The van der Waals surface area contributed by atoms with Crippen molar-refractivity contribution in [1.29, 1.82) is 5.26 Å². The number of nitriles is 1. The lowest BCUT2D eigenvalue weighted by Gasteiger charge is -2.25. The molecule has 0 unspecified atom stereocenters. The summed E-state index contributed by atoms with van der Waals surface area (Å²) in [6, 6.07) is 4.32. The van der Waals surface area contributed by atoms with E-state index in [0.29, 0.717) is 5.56 Å². The lowest BCUT2D eigenvalue weighted by Crippen LogP contribution is -2.24. The summed E-state index contributed by atoms with van der Waals surface area (Å²) in [6.45, 7) is 7.68. The van der Waals surface area contributed by atoms with E-state index in [0.717, 1.165) is 25.2 Å². The van der Waals surface area contributed by atoms with Crippen LogP contribution in [-0.2, 0) is 12.8 Å². The summed E-state index contributed by atoms with van der Waals surface area (Å²) < 4.78 is 0. The molecule has 2 rings (SSSR count). The minimum Gasteiger partial charge on any atom is -0.368 e. The highest BCUT2D eigenvalue weighted by Crippen LogP contribution is 2.27. The molecule has 0 saturated carbocycles. The van der Waals surface area contributed by atoms with Crippen LogP contribution in [0.2, 0.25) is 0 Å². The van der Waals surface area contributed by atoms with Crippen LogP contribution >= 0.6 is 0 Å². The van der Waals surface area contributed by atoms with Gasteiger partial charge in [-0.2, -0.15) is 5.26 Å². The second-order valence-electron chi connectivity index (χ2n) is 6.93. The molecule has 1 N–H and O–H groups in total. The highest BCUT2D eigenvalue weighted by Gasteiger charge is 2.20. The average Bonchev–Trinajstić information content (AvgIpc) is 2.91. The van der Waals surface area contributed by atoms with Crippen molar-refractivity contribution < 1.29 is 0 Å². The first-order valence-electron chi connectivity index (χ1n) is 8.22. The van der Waals surface area contributed by atoms with Gasteiger partial charge in [-0.25, -0.2) is 4.98 Å². The Labute approximate surface area is 128 Å². The Morgan fingerprint density at radius 1 is 1.33 bits per heavy atom. The summed E-state index contributed by atoms with van der Waals surface area (Å²) in [6.07, 6.45) is 8.32. The molecule has 114 valence electrons. The fourth-order valence-corrected chi connectivity index (χ4v) is 2.96. The summed E-state index contributed by atoms with van der Waals surface area (Å²) >= 11 is 0. The molecule has 0 radical (unpaired) electrons. The van der Waals surface area contributed by atoms with Gasteiger partial charge in [-0.3, -0.25) is 0 Å². The van der Waals surface area contributed by atoms with E-state index < -0.39 is 0 Å². The predicted octanol–water partition coefficient (Wildman–Crippen LogP) is 4.46. The SMILES string of the molecule is CCCCCC(C)(C)CNc1nc2c(cc1C#N)CCC2. The number of hydrogen-bond donors (Lipinski definition) is 1. The molecule has 0 aliphatic heterocycles. The predicted molar refractivity (Wildman–Crippen MR) is 87.4 cm³/mol. The van der Waals surface area contributed by atoms with Crippen molar-refractivity contribution in [2.24, 2.45) is 5.41 Å². The number of nitrogens with zero attached hydrogens (tertiary/aromatic N) is 2. The second-order valence-corrected chi connectivity index (χ2v) is 6.93. The fraction of sp³-hybridized carbons (Fsp3) is 0.667. The molecule has 0 saturated heterocycles. The first kappa shape index (κ1) is 15.8. The van der Waals surface area contributed by atoms with Gasteiger partial charge in [0, 0.05) is 12.2 Å². The van der Waals surface area contributed by atoms with Crippen LogP contribution < -0.4 is 5.32 Å². The number of nitrogens with one attached hydrogen (secondary N) is 1. The molecule has 0 spiro atoms. The summed E-state index contributed by atoms with van der Waals surface area (Å²) in [5, 5.41) is 12.7. The fourth-order valence-electron chi connectivity index (χ4n) is 2.96. The third kappa shape index (κ3) is 4.20. The molecular weight excluding hydrogens is 258 g/mol. The van der Waals surface area contributed by atoms with Gasteiger partial charge in [0.15, 0.2) is 0 Å². The molecule has 1 aliphatic carbocycles. The van der Waals surface area contributed by atoms with E-state index in [1.165, 1.54) is 43.4 Å². The van der Waals surface area contributed by atoms with E-state index in [1.54, 1.807) is 0 Å². The zero-order valence-electron chi connectivity index (χ0n) is 13.6. The minimum absolute atomic E-state index is 0.239. The van der Waals surface area contributed by atoms with Gasteiger partial charge in [0.25, 0.3) is 0 Å². The van der Waals surface area contributed by atoms with Crippen molar-refractivity contribution in [2.45, 2.75) is 65.7 Å². The maximum absolute atomic E-state index is 9.32. The zero-order chi connectivity index (χ0) is 15.3. The summed E-state index contributed by atoms with van der Waals surface area (Å²) in [7, 11) is 0. The van der Waals surface area contributed by atoms with Crippen molar-refractivity contribution in [3.63, 3.8) is 0 Å². The molecule has 1 heterocycles. The molecule has 0 fully saturated rings. The summed E-state index contributed by atoms with van der Waals surface area (Å²) in [5.74, 6) is 0.779. The Morgan fingerprint density at radius 3 is 2.86 bits per heavy atom. The maximum Gasteiger partial charge on any atom is 0.144 e. The van der Waals surface area contributed by atoms with Crippen LogP contribution in [0.25, 0.3) is 0 Å². The number of rotatable bonds is 7. The van der Waals surface area contributed by atoms with Gasteiger partial charge in [-0.1, -0.05) is 40.0 Å². The Kier molecular flexibility index (Phi) is 5.22. The number of aromatic nitrogens is 1. The second kappa shape index (κ2) is 6.93. The van der Waals surface area contributed by atoms with Gasteiger partial charge in [0.05, 0.1) is 5.56 Å². The summed E-state index contributed by atoms with van der Waals surface area (Å²) in [5.41, 5.74) is 3.38. The maximum atomic E-state index is 9.32. The molecule has 1 aromatic rings. The Morgan fingerprint density at radius 2 is 2.14 bits per heavy atom. The van der Waals surface area contributed by atoms with Crippen molar-refractivity contribution in [2.75, 3.05) is 11.9 Å². The molecular formula is C18H27N3. The molecule has 0 atom stereocenters. The molecule has 1 aliphatic rings. The van der Waals surface area contributed by atoms with Gasteiger partial charge in [-0.15, -0.1) is 0 Å². The van der Waals surface area contributed by atoms with Crippen LogP contribution in [0.4, 0.5) is 5.82 Å². The van der Waals surface area contributed by atoms with Crippen LogP contribution in [0.15, 0.2) is 6.07 Å². The number of unbranched alkanes of at least 4 members (excludes halogenated alkanes) is 2. The van der Waals surface area contributed by atoms with E-state index in [2.05, 4.69) is 37.1 Å². The molecule has 3 nitrogen and oxygen atoms in total. The normalized spacial score (nSPS) is 13.8. The Hall–Kier alpha value is -1.56. The minimum atomic E-state index is 0.239. The van der Waals surface area contributed by atoms with Crippen LogP contribution in [0.3, 0.4) is 0 Å². The third-order valence-electron chi connectivity index (χ3n) is 4.36. The van der Waals surface area contributed by atoms with Crippen molar-refractivity contribution >= 4 is 5.82 Å². The third-order valence-corrected chi connectivity index (χ3v) is 4.36. The number of fused-ring (bicyclic) bond motifs is 1. The topological polar surface area (TPSA) is 48.7 Å². The van der Waals surface area contributed by atoms with Crippen LogP contribution in [0.1, 0.15) is 69.7 Å². The van der Waals surface area contributed by atoms with Gasteiger partial charge in [0.2, 0.25) is 0 Å².